The van der Waals surface area contributed by atoms with Gasteiger partial charge in [0.05, 0.1) is 6.20 Å². The highest BCUT2D eigenvalue weighted by atomic mass is 32.1. The minimum Gasteiger partial charge on any atom is -0.314 e. The molecule has 0 spiro atoms. The molecule has 7 heteroatoms. The Hall–Kier alpha value is -1.34. The molecule has 2 N–H and O–H groups in total. The van der Waals surface area contributed by atoms with E-state index >= 15 is 0 Å². The third-order valence-electron chi connectivity index (χ3n) is 2.45. The van der Waals surface area contributed by atoms with Gasteiger partial charge in [0.15, 0.2) is 5.01 Å². The van der Waals surface area contributed by atoms with Crippen molar-refractivity contribution in [3.8, 4) is 10.7 Å². The first-order valence-corrected chi connectivity index (χ1v) is 6.15. The van der Waals surface area contributed by atoms with Gasteiger partial charge in [0.25, 0.3) is 0 Å². The molecule has 2 aromatic rings. The molecule has 3 rings (SSSR count). The van der Waals surface area contributed by atoms with Crippen molar-refractivity contribution >= 4 is 11.3 Å². The van der Waals surface area contributed by atoms with Crippen molar-refractivity contribution < 1.29 is 0 Å². The normalized spacial score (nSPS) is 15.5. The average Bonchev–Trinajstić information content (AvgIpc) is 2.83. The van der Waals surface area contributed by atoms with E-state index < -0.39 is 0 Å². The Morgan fingerprint density at radius 3 is 3.12 bits per heavy atom. The molecule has 2 aromatic heterocycles. The van der Waals surface area contributed by atoms with Crippen molar-refractivity contribution in [1.82, 2.24) is 30.9 Å². The zero-order valence-electron chi connectivity index (χ0n) is 8.68. The van der Waals surface area contributed by atoms with E-state index in [1.165, 1.54) is 12.8 Å². The fraction of sp³-hybridized carbons (Fsp3) is 0.556. The molecular formula is C9H12N6S. The second-order valence-electron chi connectivity index (χ2n) is 3.83. The standard InChI is InChI=1S/C9H12N6S/c1-2-6(1)10-4-3-8-13-14-9(16-8)7-5-11-15-12-7/h5-6,10H,1-4H2,(H,11,12,15). The molecule has 16 heavy (non-hydrogen) atoms. The van der Waals surface area contributed by atoms with E-state index in [0.29, 0.717) is 0 Å². The van der Waals surface area contributed by atoms with E-state index in [1.54, 1.807) is 17.5 Å². The molecule has 0 atom stereocenters. The van der Waals surface area contributed by atoms with Gasteiger partial charge in [0.2, 0.25) is 0 Å². The molecular weight excluding hydrogens is 224 g/mol. The van der Waals surface area contributed by atoms with E-state index in [2.05, 4.69) is 30.9 Å². The summed E-state index contributed by atoms with van der Waals surface area (Å²) in [5.74, 6) is 0. The van der Waals surface area contributed by atoms with Crippen LogP contribution in [0.4, 0.5) is 0 Å². The van der Waals surface area contributed by atoms with Crippen LogP contribution in [0.2, 0.25) is 0 Å². The van der Waals surface area contributed by atoms with E-state index in [-0.39, 0.29) is 0 Å². The number of hydrogen-bond acceptors (Lipinski definition) is 6. The third-order valence-corrected chi connectivity index (χ3v) is 3.46. The molecule has 0 radical (unpaired) electrons. The van der Waals surface area contributed by atoms with Gasteiger partial charge >= 0.3 is 0 Å². The van der Waals surface area contributed by atoms with Gasteiger partial charge in [-0.15, -0.1) is 10.2 Å². The molecule has 1 fully saturated rings. The van der Waals surface area contributed by atoms with Gasteiger partial charge in [-0.05, 0) is 12.8 Å². The number of aromatic nitrogens is 5. The molecule has 0 saturated heterocycles. The van der Waals surface area contributed by atoms with Crippen molar-refractivity contribution in [2.24, 2.45) is 0 Å². The molecule has 2 heterocycles. The molecule has 6 nitrogen and oxygen atoms in total. The van der Waals surface area contributed by atoms with Crippen LogP contribution in [0.25, 0.3) is 10.7 Å². The van der Waals surface area contributed by atoms with Crippen LogP contribution in [-0.2, 0) is 6.42 Å². The SMILES string of the molecule is c1n[nH]nc1-c1nnc(CCNC2CC2)s1. The monoisotopic (exact) mass is 236 g/mol. The quantitative estimate of drug-likeness (QED) is 0.795. The zero-order chi connectivity index (χ0) is 10.8. The van der Waals surface area contributed by atoms with Crippen molar-refractivity contribution in [2.45, 2.75) is 25.3 Å². The number of nitrogens with one attached hydrogen (secondary N) is 2. The van der Waals surface area contributed by atoms with Crippen LogP contribution in [0, 0.1) is 0 Å². The Kier molecular flexibility index (Phi) is 2.63. The van der Waals surface area contributed by atoms with Crippen LogP contribution in [0.15, 0.2) is 6.20 Å². The average molecular weight is 236 g/mol. The Labute approximate surface area is 96.5 Å². The number of nitrogens with zero attached hydrogens (tertiary/aromatic N) is 4. The fourth-order valence-electron chi connectivity index (χ4n) is 1.43. The van der Waals surface area contributed by atoms with Crippen molar-refractivity contribution in [3.05, 3.63) is 11.2 Å². The molecule has 1 aliphatic rings. The largest absolute Gasteiger partial charge is 0.314 e. The molecule has 0 bridgehead atoms. The summed E-state index contributed by atoms with van der Waals surface area (Å²) < 4.78 is 0. The van der Waals surface area contributed by atoms with E-state index in [0.717, 1.165) is 34.7 Å². The van der Waals surface area contributed by atoms with E-state index in [9.17, 15) is 0 Å². The molecule has 0 amide bonds. The third kappa shape index (κ3) is 2.25. The molecule has 0 aromatic carbocycles. The van der Waals surface area contributed by atoms with Gasteiger partial charge in [0, 0.05) is 19.0 Å². The molecule has 1 aliphatic carbocycles. The van der Waals surface area contributed by atoms with E-state index in [1.807, 2.05) is 0 Å². The number of aromatic amines is 1. The van der Waals surface area contributed by atoms with Crippen LogP contribution < -0.4 is 5.32 Å². The summed E-state index contributed by atoms with van der Waals surface area (Å²) in [6.45, 7) is 0.984. The number of rotatable bonds is 5. The summed E-state index contributed by atoms with van der Waals surface area (Å²) >= 11 is 1.58. The zero-order valence-corrected chi connectivity index (χ0v) is 9.50. The summed E-state index contributed by atoms with van der Waals surface area (Å²) in [4.78, 5) is 0. The predicted molar refractivity (Wildman–Crippen MR) is 60.0 cm³/mol. The maximum atomic E-state index is 4.14. The Morgan fingerprint density at radius 2 is 2.38 bits per heavy atom. The summed E-state index contributed by atoms with van der Waals surface area (Å²) in [5.41, 5.74) is 0.763. The summed E-state index contributed by atoms with van der Waals surface area (Å²) in [7, 11) is 0. The van der Waals surface area contributed by atoms with Crippen LogP contribution >= 0.6 is 11.3 Å². The lowest BCUT2D eigenvalue weighted by molar-refractivity contribution is 0.677. The molecule has 1 saturated carbocycles. The summed E-state index contributed by atoms with van der Waals surface area (Å²) in [6, 6.07) is 0.753. The lowest BCUT2D eigenvalue weighted by Crippen LogP contribution is -2.19. The molecule has 0 unspecified atom stereocenters. The first-order chi connectivity index (χ1) is 7.92. The number of hydrogen-bond donors (Lipinski definition) is 2. The van der Waals surface area contributed by atoms with Gasteiger partial charge in [-0.25, -0.2) is 0 Å². The van der Waals surface area contributed by atoms with Crippen molar-refractivity contribution in [2.75, 3.05) is 6.54 Å². The number of H-pyrrole nitrogens is 1. The molecule has 84 valence electrons. The Balaban J connectivity index is 1.59. The molecule has 0 aliphatic heterocycles. The Morgan fingerprint density at radius 1 is 1.44 bits per heavy atom. The lowest BCUT2D eigenvalue weighted by Gasteiger charge is -1.97. The van der Waals surface area contributed by atoms with E-state index in [4.69, 9.17) is 0 Å². The first kappa shape index (κ1) is 9.86. The van der Waals surface area contributed by atoms with Gasteiger partial charge < -0.3 is 5.32 Å². The minimum atomic E-state index is 0.753. The predicted octanol–water partition coefficient (Wildman–Crippen LogP) is 0.618. The first-order valence-electron chi connectivity index (χ1n) is 5.34. The Bertz CT molecular complexity index is 446. The van der Waals surface area contributed by atoms with Crippen LogP contribution in [-0.4, -0.2) is 38.2 Å². The smallest absolute Gasteiger partial charge is 0.169 e. The second-order valence-corrected chi connectivity index (χ2v) is 4.90. The topological polar surface area (TPSA) is 79.4 Å². The lowest BCUT2D eigenvalue weighted by atomic mass is 10.4. The maximum Gasteiger partial charge on any atom is 0.169 e. The highest BCUT2D eigenvalue weighted by molar-refractivity contribution is 7.14. The highest BCUT2D eigenvalue weighted by Crippen LogP contribution is 2.21. The van der Waals surface area contributed by atoms with Gasteiger partial charge in [-0.2, -0.15) is 15.4 Å². The van der Waals surface area contributed by atoms with Crippen molar-refractivity contribution in [3.63, 3.8) is 0 Å². The van der Waals surface area contributed by atoms with Gasteiger partial charge in [0.1, 0.15) is 10.7 Å². The van der Waals surface area contributed by atoms with Gasteiger partial charge in [-0.1, -0.05) is 11.3 Å². The summed E-state index contributed by atoms with van der Waals surface area (Å²) in [6.07, 6.45) is 5.24. The summed E-state index contributed by atoms with van der Waals surface area (Å²) in [5, 5.41) is 23.9. The van der Waals surface area contributed by atoms with Gasteiger partial charge in [-0.3, -0.25) is 0 Å². The van der Waals surface area contributed by atoms with Crippen LogP contribution in [0.3, 0.4) is 0 Å². The minimum absolute atomic E-state index is 0.753. The van der Waals surface area contributed by atoms with Crippen molar-refractivity contribution in [1.29, 1.82) is 0 Å². The maximum absolute atomic E-state index is 4.14. The highest BCUT2D eigenvalue weighted by Gasteiger charge is 2.20. The van der Waals surface area contributed by atoms with Crippen LogP contribution in [0.5, 0.6) is 0 Å². The van der Waals surface area contributed by atoms with Crippen LogP contribution in [0.1, 0.15) is 17.8 Å². The fourth-order valence-corrected chi connectivity index (χ4v) is 2.23. The second kappa shape index (κ2) is 4.26.